The molecular weight excluding hydrogens is 312 g/mol. The van der Waals surface area contributed by atoms with Gasteiger partial charge in [-0.05, 0) is 31.7 Å². The number of hydrogen-bond donors (Lipinski definition) is 1. The maximum Gasteiger partial charge on any atom is 0.273 e. The zero-order valence-electron chi connectivity index (χ0n) is 10.3. The number of fused-ring (bicyclic) bond motifs is 2. The van der Waals surface area contributed by atoms with E-state index in [4.69, 9.17) is 10.5 Å². The van der Waals surface area contributed by atoms with Crippen molar-refractivity contribution in [2.45, 2.75) is 43.4 Å². The Kier molecular flexibility index (Phi) is 3.11. The number of benzene rings is 1. The van der Waals surface area contributed by atoms with Crippen molar-refractivity contribution in [3.8, 4) is 0 Å². The van der Waals surface area contributed by atoms with Gasteiger partial charge in [-0.2, -0.15) is 0 Å². The first-order chi connectivity index (χ1) is 8.98. The molecule has 2 aliphatic heterocycles. The summed E-state index contributed by atoms with van der Waals surface area (Å²) >= 11 is 3.26. The molecule has 3 unspecified atom stereocenters. The van der Waals surface area contributed by atoms with Gasteiger partial charge in [0.15, 0.2) is 0 Å². The van der Waals surface area contributed by atoms with Crippen molar-refractivity contribution in [3.63, 3.8) is 0 Å². The van der Waals surface area contributed by atoms with Crippen LogP contribution in [0.3, 0.4) is 0 Å². The minimum Gasteiger partial charge on any atom is -0.373 e. The molecule has 0 aliphatic carbocycles. The van der Waals surface area contributed by atoms with Gasteiger partial charge in [0.2, 0.25) is 0 Å². The standard InChI is InChI=1S/C13H15BrN2O3/c14-9-2-1-8(11(5-9)16(17)18)6-13(15)7-10-3-4-12(13)19-10/h1-2,5,10,12H,3-4,6-7,15H2. The lowest BCUT2D eigenvalue weighted by atomic mass is 9.78. The molecule has 3 atom stereocenters. The Morgan fingerprint density at radius 3 is 2.89 bits per heavy atom. The van der Waals surface area contributed by atoms with Crippen LogP contribution in [0.2, 0.25) is 0 Å². The number of halogens is 1. The van der Waals surface area contributed by atoms with Crippen LogP contribution < -0.4 is 5.73 Å². The molecule has 0 spiro atoms. The maximum atomic E-state index is 11.1. The monoisotopic (exact) mass is 326 g/mol. The average molecular weight is 327 g/mol. The van der Waals surface area contributed by atoms with Gasteiger partial charge in [0.25, 0.3) is 5.69 Å². The van der Waals surface area contributed by atoms with Gasteiger partial charge in [0.1, 0.15) is 0 Å². The van der Waals surface area contributed by atoms with Crippen LogP contribution in [0, 0.1) is 10.1 Å². The summed E-state index contributed by atoms with van der Waals surface area (Å²) in [4.78, 5) is 10.8. The smallest absolute Gasteiger partial charge is 0.273 e. The van der Waals surface area contributed by atoms with Gasteiger partial charge in [-0.15, -0.1) is 0 Å². The summed E-state index contributed by atoms with van der Waals surface area (Å²) in [5.41, 5.74) is 6.78. The van der Waals surface area contributed by atoms with Crippen LogP contribution in [0.1, 0.15) is 24.8 Å². The van der Waals surface area contributed by atoms with Crippen LogP contribution in [0.4, 0.5) is 5.69 Å². The number of ether oxygens (including phenoxy) is 1. The molecule has 2 bridgehead atoms. The minimum absolute atomic E-state index is 0.0424. The van der Waals surface area contributed by atoms with Gasteiger partial charge in [-0.3, -0.25) is 10.1 Å². The number of nitro groups is 1. The predicted octanol–water partition coefficient (Wildman–Crippen LogP) is 2.55. The second-order valence-corrected chi connectivity index (χ2v) is 6.38. The Hall–Kier alpha value is -0.980. The highest BCUT2D eigenvalue weighted by atomic mass is 79.9. The lowest BCUT2D eigenvalue weighted by Gasteiger charge is -2.31. The molecule has 1 aromatic rings. The predicted molar refractivity (Wildman–Crippen MR) is 73.9 cm³/mol. The first kappa shape index (κ1) is 13.0. The number of nitrogens with two attached hydrogens (primary N) is 1. The first-order valence-electron chi connectivity index (χ1n) is 6.35. The van der Waals surface area contributed by atoms with Crippen LogP contribution in [0.15, 0.2) is 22.7 Å². The van der Waals surface area contributed by atoms with Gasteiger partial charge in [-0.1, -0.05) is 22.0 Å². The summed E-state index contributed by atoms with van der Waals surface area (Å²) in [5.74, 6) is 0. The summed E-state index contributed by atoms with van der Waals surface area (Å²) in [6.07, 6.45) is 3.60. The molecule has 0 saturated carbocycles. The highest BCUT2D eigenvalue weighted by Crippen LogP contribution is 2.42. The molecule has 1 aromatic carbocycles. The number of nitrogens with zero attached hydrogens (tertiary/aromatic N) is 1. The molecule has 5 nitrogen and oxygen atoms in total. The fourth-order valence-electron chi connectivity index (χ4n) is 3.23. The molecular formula is C13H15BrN2O3. The van der Waals surface area contributed by atoms with E-state index in [1.807, 2.05) is 6.07 Å². The normalized spacial score (nSPS) is 32.7. The molecule has 2 saturated heterocycles. The summed E-state index contributed by atoms with van der Waals surface area (Å²) in [6.45, 7) is 0. The van der Waals surface area contributed by atoms with Crippen molar-refractivity contribution < 1.29 is 9.66 Å². The molecule has 2 heterocycles. The van der Waals surface area contributed by atoms with Gasteiger partial charge in [0.05, 0.1) is 17.1 Å². The third-order valence-electron chi connectivity index (χ3n) is 4.12. The van der Waals surface area contributed by atoms with Crippen LogP contribution in [-0.4, -0.2) is 22.7 Å². The van der Waals surface area contributed by atoms with Gasteiger partial charge in [-0.25, -0.2) is 0 Å². The molecule has 0 radical (unpaired) electrons. The van der Waals surface area contributed by atoms with Crippen LogP contribution in [0.5, 0.6) is 0 Å². The third-order valence-corrected chi connectivity index (χ3v) is 4.61. The van der Waals surface area contributed by atoms with E-state index in [9.17, 15) is 10.1 Å². The number of rotatable bonds is 3. The van der Waals surface area contributed by atoms with E-state index < -0.39 is 5.54 Å². The average Bonchev–Trinajstić information content (AvgIpc) is 2.91. The third kappa shape index (κ3) is 2.28. The van der Waals surface area contributed by atoms with Crippen molar-refractivity contribution >= 4 is 21.6 Å². The van der Waals surface area contributed by atoms with Crippen LogP contribution >= 0.6 is 15.9 Å². The molecule has 0 amide bonds. The summed E-state index contributed by atoms with van der Waals surface area (Å²) < 4.78 is 6.49. The largest absolute Gasteiger partial charge is 0.373 e. The van der Waals surface area contributed by atoms with Crippen molar-refractivity contribution in [2.24, 2.45) is 5.73 Å². The van der Waals surface area contributed by atoms with E-state index in [1.165, 1.54) is 6.07 Å². The van der Waals surface area contributed by atoms with E-state index in [2.05, 4.69) is 15.9 Å². The Morgan fingerprint density at radius 1 is 1.53 bits per heavy atom. The Balaban J connectivity index is 1.89. The van der Waals surface area contributed by atoms with E-state index in [-0.39, 0.29) is 22.8 Å². The molecule has 102 valence electrons. The molecule has 2 N–H and O–H groups in total. The second-order valence-electron chi connectivity index (χ2n) is 5.47. The summed E-state index contributed by atoms with van der Waals surface area (Å²) in [7, 11) is 0. The van der Waals surface area contributed by atoms with E-state index in [1.54, 1.807) is 6.07 Å². The zero-order valence-corrected chi connectivity index (χ0v) is 11.9. The van der Waals surface area contributed by atoms with Crippen molar-refractivity contribution in [2.75, 3.05) is 0 Å². The maximum absolute atomic E-state index is 11.1. The van der Waals surface area contributed by atoms with Crippen LogP contribution in [0.25, 0.3) is 0 Å². The SMILES string of the molecule is NC1(Cc2ccc(Br)cc2[N+](=O)[O-])CC2CCC1O2. The van der Waals surface area contributed by atoms with Gasteiger partial charge in [0, 0.05) is 21.6 Å². The number of nitro benzene ring substituents is 1. The molecule has 3 rings (SSSR count). The topological polar surface area (TPSA) is 78.4 Å². The van der Waals surface area contributed by atoms with Crippen molar-refractivity contribution in [1.82, 2.24) is 0 Å². The fourth-order valence-corrected chi connectivity index (χ4v) is 3.58. The van der Waals surface area contributed by atoms with E-state index >= 15 is 0 Å². The van der Waals surface area contributed by atoms with Crippen molar-refractivity contribution in [1.29, 1.82) is 0 Å². The van der Waals surface area contributed by atoms with Crippen LogP contribution in [-0.2, 0) is 11.2 Å². The molecule has 6 heteroatoms. The minimum atomic E-state index is -0.457. The molecule has 2 fully saturated rings. The quantitative estimate of drug-likeness (QED) is 0.683. The summed E-state index contributed by atoms with van der Waals surface area (Å²) in [5, 5.41) is 11.1. The lowest BCUT2D eigenvalue weighted by molar-refractivity contribution is -0.385. The highest BCUT2D eigenvalue weighted by molar-refractivity contribution is 9.10. The Bertz CT molecular complexity index is 537. The fraction of sp³-hybridized carbons (Fsp3) is 0.538. The van der Waals surface area contributed by atoms with E-state index in [0.29, 0.717) is 16.5 Å². The molecule has 2 aliphatic rings. The highest BCUT2D eigenvalue weighted by Gasteiger charge is 2.50. The number of hydrogen-bond acceptors (Lipinski definition) is 4. The lowest BCUT2D eigenvalue weighted by Crippen LogP contribution is -2.50. The van der Waals surface area contributed by atoms with Gasteiger partial charge >= 0.3 is 0 Å². The van der Waals surface area contributed by atoms with Gasteiger partial charge < -0.3 is 10.5 Å². The van der Waals surface area contributed by atoms with Crippen molar-refractivity contribution in [3.05, 3.63) is 38.3 Å². The Morgan fingerprint density at radius 2 is 2.32 bits per heavy atom. The molecule has 0 aromatic heterocycles. The zero-order chi connectivity index (χ0) is 13.6. The second kappa shape index (κ2) is 4.54. The van der Waals surface area contributed by atoms with E-state index in [0.717, 1.165) is 19.3 Å². The summed E-state index contributed by atoms with van der Waals surface area (Å²) in [6, 6.07) is 5.13. The first-order valence-corrected chi connectivity index (χ1v) is 7.14. The molecule has 19 heavy (non-hydrogen) atoms. The Labute approximate surface area is 119 Å².